The Morgan fingerprint density at radius 3 is 1.68 bits per heavy atom. The van der Waals surface area contributed by atoms with Crippen LogP contribution in [0.25, 0.3) is 0 Å². The average Bonchev–Trinajstić information content (AvgIpc) is 3.24. The maximum Gasteiger partial charge on any atom is 0.393 e. The minimum Gasteiger partial charge on any atom is -0.462 e. The summed E-state index contributed by atoms with van der Waals surface area (Å²) in [4.78, 5) is 24.7. The molecule has 0 aromatic carbocycles. The van der Waals surface area contributed by atoms with Crippen LogP contribution in [0, 0.1) is 5.92 Å². The third-order valence-electron chi connectivity index (χ3n) is 6.66. The van der Waals surface area contributed by atoms with Gasteiger partial charge in [-0.1, -0.05) is 13.3 Å². The highest BCUT2D eigenvalue weighted by Crippen LogP contribution is 2.64. The van der Waals surface area contributed by atoms with Crippen LogP contribution in [0.3, 0.4) is 0 Å². The topological polar surface area (TPSA) is 55.4 Å². The summed E-state index contributed by atoms with van der Waals surface area (Å²) in [5.41, 5.74) is -0.666. The standard InChI is InChI=1S/C22H18ClF16NO3S/c1-3-8-5-6-9-10(7-8)44-12(11(9)13(41)43-4-2)40-14(42)15(24,25)16(26,27)17(28,29)18(30,31)19(32,33)20(34,35)21(36,37)22(23,38)39/h8H,3-7H2,1-2H3,(H,40,42). The average molecular weight is 716 g/mol. The number of alkyl halides is 17. The van der Waals surface area contributed by atoms with E-state index in [4.69, 9.17) is 0 Å². The molecule has 1 amide bonds. The number of hydrogen-bond acceptors (Lipinski definition) is 4. The zero-order chi connectivity index (χ0) is 34.7. The number of anilines is 1. The van der Waals surface area contributed by atoms with Gasteiger partial charge in [0, 0.05) is 4.88 Å². The van der Waals surface area contributed by atoms with Crippen LogP contribution in [-0.4, -0.2) is 65.3 Å². The van der Waals surface area contributed by atoms with Gasteiger partial charge in [-0.15, -0.1) is 11.3 Å². The van der Waals surface area contributed by atoms with Gasteiger partial charge in [0.2, 0.25) is 0 Å². The van der Waals surface area contributed by atoms with Crippen LogP contribution in [0.5, 0.6) is 0 Å². The number of carbonyl (C=O) groups excluding carboxylic acids is 2. The summed E-state index contributed by atoms with van der Waals surface area (Å²) in [7, 11) is 0. The molecule has 0 spiro atoms. The fourth-order valence-electron chi connectivity index (χ4n) is 4.00. The molecule has 1 aliphatic carbocycles. The largest absolute Gasteiger partial charge is 0.462 e. The molecule has 0 saturated carbocycles. The predicted octanol–water partition coefficient (Wildman–Crippen LogP) is 8.66. The number of halogens is 17. The predicted molar refractivity (Wildman–Crippen MR) is 120 cm³/mol. The van der Waals surface area contributed by atoms with Gasteiger partial charge < -0.3 is 10.1 Å². The van der Waals surface area contributed by atoms with Crippen molar-refractivity contribution in [2.24, 2.45) is 5.92 Å². The molecule has 0 saturated heterocycles. The summed E-state index contributed by atoms with van der Waals surface area (Å²) >= 11 is 3.77. The first kappa shape index (κ1) is 38.0. The van der Waals surface area contributed by atoms with Gasteiger partial charge in [0.1, 0.15) is 5.00 Å². The highest BCUT2D eigenvalue weighted by Gasteiger charge is 2.95. The van der Waals surface area contributed by atoms with Crippen molar-refractivity contribution in [1.82, 2.24) is 0 Å². The van der Waals surface area contributed by atoms with Gasteiger partial charge in [-0.05, 0) is 49.3 Å². The second-order valence-electron chi connectivity index (χ2n) is 9.42. The molecular weight excluding hydrogens is 698 g/mol. The first-order valence-electron chi connectivity index (χ1n) is 11.9. The van der Waals surface area contributed by atoms with Crippen molar-refractivity contribution in [1.29, 1.82) is 0 Å². The van der Waals surface area contributed by atoms with E-state index in [1.54, 1.807) is 6.92 Å². The number of nitrogens with one attached hydrogen (secondary N) is 1. The van der Waals surface area contributed by atoms with Crippen LogP contribution >= 0.6 is 22.9 Å². The highest BCUT2D eigenvalue weighted by atomic mass is 35.5. The van der Waals surface area contributed by atoms with E-state index in [1.807, 2.05) is 0 Å². The summed E-state index contributed by atoms with van der Waals surface area (Å²) in [6, 6.07) is 0. The fourth-order valence-corrected chi connectivity index (χ4v) is 5.46. The number of hydrogen-bond donors (Lipinski definition) is 1. The fraction of sp³-hybridized carbons (Fsp3) is 0.727. The lowest BCUT2D eigenvalue weighted by atomic mass is 9.85. The summed E-state index contributed by atoms with van der Waals surface area (Å²) < 4.78 is 225. The van der Waals surface area contributed by atoms with Gasteiger partial charge in [0.05, 0.1) is 12.2 Å². The lowest BCUT2D eigenvalue weighted by Crippen LogP contribution is -2.75. The molecule has 22 heteroatoms. The second kappa shape index (κ2) is 11.6. The molecule has 1 aromatic heterocycles. The maximum absolute atomic E-state index is 14.5. The van der Waals surface area contributed by atoms with E-state index in [9.17, 15) is 79.8 Å². The van der Waals surface area contributed by atoms with E-state index in [1.165, 1.54) is 6.92 Å². The Hall–Kier alpha value is -2.19. The Balaban J connectivity index is 2.59. The minimum absolute atomic E-state index is 0.0283. The molecule has 1 aliphatic rings. The number of fused-ring (bicyclic) bond motifs is 1. The van der Waals surface area contributed by atoms with Crippen LogP contribution in [0.4, 0.5) is 75.2 Å². The lowest BCUT2D eigenvalue weighted by Gasteiger charge is -2.42. The van der Waals surface area contributed by atoms with Gasteiger partial charge in [0.15, 0.2) is 0 Å². The van der Waals surface area contributed by atoms with Crippen molar-refractivity contribution >= 4 is 39.8 Å². The van der Waals surface area contributed by atoms with Gasteiger partial charge in [0.25, 0.3) is 0 Å². The number of esters is 1. The molecule has 0 fully saturated rings. The molecule has 0 aliphatic heterocycles. The van der Waals surface area contributed by atoms with Crippen molar-refractivity contribution in [3.63, 3.8) is 0 Å². The first-order chi connectivity index (χ1) is 19.5. The third kappa shape index (κ3) is 5.46. The van der Waals surface area contributed by atoms with Gasteiger partial charge in [-0.2, -0.15) is 70.2 Å². The molecule has 0 radical (unpaired) electrons. The lowest BCUT2D eigenvalue weighted by molar-refractivity contribution is -0.445. The first-order valence-corrected chi connectivity index (χ1v) is 13.1. The van der Waals surface area contributed by atoms with E-state index in [-0.39, 0.29) is 47.1 Å². The van der Waals surface area contributed by atoms with Crippen LogP contribution in [0.2, 0.25) is 0 Å². The van der Waals surface area contributed by atoms with E-state index >= 15 is 0 Å². The van der Waals surface area contributed by atoms with Crippen LogP contribution < -0.4 is 5.32 Å². The van der Waals surface area contributed by atoms with Crippen molar-refractivity contribution in [2.45, 2.75) is 86.4 Å². The van der Waals surface area contributed by atoms with Crippen molar-refractivity contribution in [2.75, 3.05) is 11.9 Å². The number of carbonyl (C=O) groups is 2. The van der Waals surface area contributed by atoms with Crippen LogP contribution in [0.15, 0.2) is 0 Å². The Kier molecular flexibility index (Phi) is 9.98. The van der Waals surface area contributed by atoms with E-state index in [0.717, 1.165) is 5.32 Å². The number of thiophene rings is 1. The maximum atomic E-state index is 14.5. The number of ether oxygens (including phenoxy) is 1. The molecule has 0 bridgehead atoms. The molecule has 254 valence electrons. The SMILES string of the molecule is CCOC(=O)c1c(NC(=O)C(F)(F)C(F)(F)C(F)(F)C(F)(F)C(F)(F)C(F)(F)C(F)(F)C(F)(F)Cl)sc2c1CCC(CC)C2. The van der Waals surface area contributed by atoms with Crippen molar-refractivity contribution in [3.05, 3.63) is 16.0 Å². The summed E-state index contributed by atoms with van der Waals surface area (Å²) in [6.07, 6.45) is 1.08. The molecule has 1 aromatic rings. The molecule has 44 heavy (non-hydrogen) atoms. The number of rotatable bonds is 12. The molecule has 1 atom stereocenters. The quantitative estimate of drug-likeness (QED) is 0.134. The smallest absolute Gasteiger partial charge is 0.393 e. The Morgan fingerprint density at radius 2 is 1.25 bits per heavy atom. The third-order valence-corrected chi connectivity index (χ3v) is 8.07. The Labute approximate surface area is 245 Å². The van der Waals surface area contributed by atoms with E-state index in [2.05, 4.69) is 16.3 Å². The molecule has 2 rings (SSSR count). The van der Waals surface area contributed by atoms with Crippen molar-refractivity contribution in [3.8, 4) is 0 Å². The summed E-state index contributed by atoms with van der Waals surface area (Å²) in [6.45, 7) is 2.61. The van der Waals surface area contributed by atoms with Gasteiger partial charge >= 0.3 is 58.7 Å². The van der Waals surface area contributed by atoms with Crippen molar-refractivity contribution < 1.29 is 84.6 Å². The van der Waals surface area contributed by atoms with E-state index in [0.29, 0.717) is 12.8 Å². The van der Waals surface area contributed by atoms with Crippen LogP contribution in [0.1, 0.15) is 47.5 Å². The summed E-state index contributed by atoms with van der Waals surface area (Å²) in [5.74, 6) is -62.6. The molecule has 1 unspecified atom stereocenters. The zero-order valence-electron chi connectivity index (χ0n) is 21.7. The number of amides is 1. The monoisotopic (exact) mass is 715 g/mol. The molecule has 1 heterocycles. The van der Waals surface area contributed by atoms with Gasteiger partial charge in [-0.25, -0.2) is 4.79 Å². The Bertz CT molecular complexity index is 1260. The zero-order valence-corrected chi connectivity index (χ0v) is 23.2. The second-order valence-corrected chi connectivity index (χ2v) is 11.0. The van der Waals surface area contributed by atoms with Crippen LogP contribution in [-0.2, 0) is 22.4 Å². The molecule has 1 N–H and O–H groups in total. The molecule has 4 nitrogen and oxygen atoms in total. The summed E-state index contributed by atoms with van der Waals surface area (Å²) in [5, 5.41) is -7.03. The minimum atomic E-state index is -8.70. The van der Waals surface area contributed by atoms with Gasteiger partial charge in [-0.3, -0.25) is 4.79 Å². The normalized spacial score (nSPS) is 17.8. The van der Waals surface area contributed by atoms with E-state index < -0.39 is 69.3 Å². The molecular formula is C22H18ClF16NO3S. The Morgan fingerprint density at radius 1 is 0.795 bits per heavy atom. The highest BCUT2D eigenvalue weighted by molar-refractivity contribution is 7.17.